The minimum atomic E-state index is -0.352. The molecule has 2 heterocycles. The molecule has 0 spiro atoms. The van der Waals surface area contributed by atoms with Crippen molar-refractivity contribution in [3.05, 3.63) is 50.9 Å². The van der Waals surface area contributed by atoms with Crippen LogP contribution < -0.4 is 10.4 Å². The van der Waals surface area contributed by atoms with E-state index in [4.69, 9.17) is 28.0 Å². The lowest BCUT2D eigenvalue weighted by atomic mass is 10.1. The zero-order chi connectivity index (χ0) is 16.6. The molecule has 0 aliphatic rings. The van der Waals surface area contributed by atoms with Crippen LogP contribution in [0.25, 0.3) is 22.2 Å². The number of thioether (sulfide) groups is 1. The van der Waals surface area contributed by atoms with Crippen LogP contribution in [0.5, 0.6) is 0 Å². The second kappa shape index (κ2) is 6.39. The standard InChI is InChI=1S/C15H11Cl2N3O2S/c1-22-20-13-8(7-18-15(19-13)23-2)5-11(14(20)21)10-4-3-9(16)6-12(10)17/h3-7H,1-2H3. The highest BCUT2D eigenvalue weighted by atomic mass is 35.5. The predicted molar refractivity (Wildman–Crippen MR) is 93.5 cm³/mol. The molecule has 0 unspecified atom stereocenters. The molecule has 0 aliphatic heterocycles. The third-order valence-corrected chi connectivity index (χ3v) is 4.38. The molecule has 2 aromatic heterocycles. The molecular weight excluding hydrogens is 357 g/mol. The van der Waals surface area contributed by atoms with E-state index >= 15 is 0 Å². The minimum Gasteiger partial charge on any atom is -0.412 e. The van der Waals surface area contributed by atoms with Crippen molar-refractivity contribution in [2.45, 2.75) is 5.16 Å². The van der Waals surface area contributed by atoms with Gasteiger partial charge in [-0.05, 0) is 24.5 Å². The molecule has 0 amide bonds. The van der Waals surface area contributed by atoms with Gasteiger partial charge in [0.1, 0.15) is 7.11 Å². The summed E-state index contributed by atoms with van der Waals surface area (Å²) in [5.41, 5.74) is 1.02. The molecule has 5 nitrogen and oxygen atoms in total. The van der Waals surface area contributed by atoms with E-state index in [1.807, 2.05) is 6.26 Å². The van der Waals surface area contributed by atoms with Crippen molar-refractivity contribution in [2.24, 2.45) is 0 Å². The van der Waals surface area contributed by atoms with Gasteiger partial charge in [-0.25, -0.2) is 9.97 Å². The highest BCUT2D eigenvalue weighted by molar-refractivity contribution is 7.98. The van der Waals surface area contributed by atoms with E-state index in [1.54, 1.807) is 30.5 Å². The molecule has 1 aromatic carbocycles. The molecule has 23 heavy (non-hydrogen) atoms. The highest BCUT2D eigenvalue weighted by Crippen LogP contribution is 2.29. The lowest BCUT2D eigenvalue weighted by Crippen LogP contribution is -2.27. The zero-order valence-corrected chi connectivity index (χ0v) is 14.5. The normalized spacial score (nSPS) is 11.0. The molecule has 0 atom stereocenters. The number of aromatic nitrogens is 3. The van der Waals surface area contributed by atoms with Crippen molar-refractivity contribution in [1.82, 2.24) is 14.7 Å². The van der Waals surface area contributed by atoms with Crippen LogP contribution in [0.1, 0.15) is 0 Å². The number of hydrogen-bond acceptors (Lipinski definition) is 5. The summed E-state index contributed by atoms with van der Waals surface area (Å²) in [5.74, 6) is 0. The third kappa shape index (κ3) is 2.89. The van der Waals surface area contributed by atoms with E-state index in [0.29, 0.717) is 37.4 Å². The summed E-state index contributed by atoms with van der Waals surface area (Å²) in [5, 5.41) is 2.11. The average molecular weight is 368 g/mol. The van der Waals surface area contributed by atoms with Gasteiger partial charge in [-0.15, -0.1) is 4.73 Å². The number of rotatable bonds is 3. The van der Waals surface area contributed by atoms with Crippen LogP contribution in [-0.4, -0.2) is 28.1 Å². The number of benzene rings is 1. The molecule has 0 fully saturated rings. The van der Waals surface area contributed by atoms with Crippen LogP contribution >= 0.6 is 35.0 Å². The Kier molecular flexibility index (Phi) is 4.48. The Morgan fingerprint density at radius 1 is 1.22 bits per heavy atom. The molecule has 3 rings (SSSR count). The summed E-state index contributed by atoms with van der Waals surface area (Å²) < 4.78 is 1.14. The van der Waals surface area contributed by atoms with E-state index in [2.05, 4.69) is 9.97 Å². The number of hydrogen-bond donors (Lipinski definition) is 0. The van der Waals surface area contributed by atoms with Crippen LogP contribution in [0.3, 0.4) is 0 Å². The zero-order valence-electron chi connectivity index (χ0n) is 12.2. The van der Waals surface area contributed by atoms with Gasteiger partial charge in [-0.2, -0.15) is 0 Å². The van der Waals surface area contributed by atoms with Gasteiger partial charge in [-0.3, -0.25) is 4.79 Å². The Morgan fingerprint density at radius 2 is 2.00 bits per heavy atom. The summed E-state index contributed by atoms with van der Waals surface area (Å²) in [6.07, 6.45) is 3.51. The first-order chi connectivity index (χ1) is 11.0. The Hall–Kier alpha value is -1.76. The van der Waals surface area contributed by atoms with Gasteiger partial charge >= 0.3 is 0 Å². The largest absolute Gasteiger partial charge is 0.412 e. The van der Waals surface area contributed by atoms with Crippen molar-refractivity contribution >= 4 is 46.0 Å². The van der Waals surface area contributed by atoms with E-state index in [1.165, 1.54) is 18.9 Å². The summed E-state index contributed by atoms with van der Waals surface area (Å²) in [4.78, 5) is 26.5. The maximum Gasteiger partial charge on any atom is 0.293 e. The van der Waals surface area contributed by atoms with Crippen molar-refractivity contribution in [3.63, 3.8) is 0 Å². The molecule has 0 N–H and O–H groups in total. The fourth-order valence-corrected chi connectivity index (χ4v) is 3.07. The van der Waals surface area contributed by atoms with Gasteiger partial charge in [0.15, 0.2) is 10.8 Å². The van der Waals surface area contributed by atoms with Crippen molar-refractivity contribution in [3.8, 4) is 11.1 Å². The van der Waals surface area contributed by atoms with Gasteiger partial charge in [-0.1, -0.05) is 41.0 Å². The number of halogens is 2. The smallest absolute Gasteiger partial charge is 0.293 e. The monoisotopic (exact) mass is 367 g/mol. The lowest BCUT2D eigenvalue weighted by Gasteiger charge is -2.11. The first-order valence-electron chi connectivity index (χ1n) is 6.52. The number of pyridine rings is 1. The average Bonchev–Trinajstić information content (AvgIpc) is 2.54. The molecule has 8 heteroatoms. The molecule has 0 saturated heterocycles. The number of fused-ring (bicyclic) bond motifs is 1. The summed E-state index contributed by atoms with van der Waals surface area (Å²) in [7, 11) is 1.41. The van der Waals surface area contributed by atoms with E-state index < -0.39 is 0 Å². The first kappa shape index (κ1) is 16.1. The van der Waals surface area contributed by atoms with E-state index in [9.17, 15) is 4.79 Å². The Morgan fingerprint density at radius 3 is 2.65 bits per heavy atom. The van der Waals surface area contributed by atoms with Gasteiger partial charge < -0.3 is 4.84 Å². The van der Waals surface area contributed by atoms with E-state index in [-0.39, 0.29) is 5.56 Å². The topological polar surface area (TPSA) is 57.0 Å². The van der Waals surface area contributed by atoms with E-state index in [0.717, 1.165) is 4.73 Å². The molecule has 118 valence electrons. The van der Waals surface area contributed by atoms with Crippen LogP contribution in [0.2, 0.25) is 10.0 Å². The van der Waals surface area contributed by atoms with Gasteiger partial charge in [0, 0.05) is 22.2 Å². The summed E-state index contributed by atoms with van der Waals surface area (Å²) >= 11 is 13.5. The maximum absolute atomic E-state index is 12.7. The molecule has 3 aromatic rings. The number of nitrogens with zero attached hydrogens (tertiary/aromatic N) is 3. The summed E-state index contributed by atoms with van der Waals surface area (Å²) in [6.45, 7) is 0. The SMILES string of the molecule is COn1c(=O)c(-c2ccc(Cl)cc2Cl)cc2cnc(SC)nc21. The van der Waals surface area contributed by atoms with Gasteiger partial charge in [0.25, 0.3) is 5.56 Å². The van der Waals surface area contributed by atoms with Crippen molar-refractivity contribution < 1.29 is 4.84 Å². The quantitative estimate of drug-likeness (QED) is 0.523. The van der Waals surface area contributed by atoms with Crippen LogP contribution in [0.15, 0.2) is 40.4 Å². The predicted octanol–water partition coefficient (Wildman–Crippen LogP) is 3.55. The highest BCUT2D eigenvalue weighted by Gasteiger charge is 2.15. The second-order valence-electron chi connectivity index (χ2n) is 4.60. The minimum absolute atomic E-state index is 0.352. The van der Waals surface area contributed by atoms with Crippen molar-refractivity contribution in [2.75, 3.05) is 13.4 Å². The molecular formula is C15H11Cl2N3O2S. The molecule has 0 bridgehead atoms. The fraction of sp³-hybridized carbons (Fsp3) is 0.133. The van der Waals surface area contributed by atoms with Gasteiger partial charge in [0.05, 0.1) is 10.6 Å². The molecule has 0 radical (unpaired) electrons. The molecule has 0 saturated carbocycles. The maximum atomic E-state index is 12.7. The van der Waals surface area contributed by atoms with Crippen LogP contribution in [0, 0.1) is 0 Å². The Bertz CT molecular complexity index is 959. The fourth-order valence-electron chi connectivity index (χ4n) is 2.22. The lowest BCUT2D eigenvalue weighted by molar-refractivity contribution is 0.167. The Balaban J connectivity index is 2.35. The molecule has 0 aliphatic carbocycles. The van der Waals surface area contributed by atoms with Crippen LogP contribution in [-0.2, 0) is 0 Å². The second-order valence-corrected chi connectivity index (χ2v) is 6.22. The summed E-state index contributed by atoms with van der Waals surface area (Å²) in [6, 6.07) is 6.67. The van der Waals surface area contributed by atoms with Crippen LogP contribution in [0.4, 0.5) is 0 Å². The first-order valence-corrected chi connectivity index (χ1v) is 8.50. The Labute approximate surface area is 146 Å². The van der Waals surface area contributed by atoms with Crippen molar-refractivity contribution in [1.29, 1.82) is 0 Å². The third-order valence-electron chi connectivity index (χ3n) is 3.27. The van der Waals surface area contributed by atoms with Gasteiger partial charge in [0.2, 0.25) is 0 Å².